The Labute approximate surface area is 108 Å². The molecule has 0 aliphatic carbocycles. The minimum Gasteiger partial charge on any atom is -0.469 e. The number of amides is 2. The highest BCUT2D eigenvalue weighted by Crippen LogP contribution is 2.14. The van der Waals surface area contributed by atoms with Gasteiger partial charge in [0.15, 0.2) is 0 Å². The van der Waals surface area contributed by atoms with Crippen LogP contribution in [0.4, 0.5) is 19.3 Å². The molecule has 2 amide bonds. The van der Waals surface area contributed by atoms with Crippen LogP contribution in [0.25, 0.3) is 0 Å². The van der Waals surface area contributed by atoms with Crippen molar-refractivity contribution in [3.63, 3.8) is 0 Å². The lowest BCUT2D eigenvalue weighted by Crippen LogP contribution is -2.30. The highest BCUT2D eigenvalue weighted by atomic mass is 19.1. The number of urea groups is 1. The number of carbonyl (C=O) groups excluding carboxylic acids is 1. The van der Waals surface area contributed by atoms with Crippen LogP contribution < -0.4 is 10.6 Å². The Morgan fingerprint density at radius 1 is 1.26 bits per heavy atom. The molecular formula is C13H12F2N2O2. The van der Waals surface area contributed by atoms with Gasteiger partial charge in [0.05, 0.1) is 12.0 Å². The molecule has 19 heavy (non-hydrogen) atoms. The van der Waals surface area contributed by atoms with Crippen LogP contribution in [0.3, 0.4) is 0 Å². The molecule has 0 unspecified atom stereocenters. The summed E-state index contributed by atoms with van der Waals surface area (Å²) in [6.45, 7) is 0.349. The molecular weight excluding hydrogens is 254 g/mol. The van der Waals surface area contributed by atoms with E-state index in [1.165, 1.54) is 0 Å². The predicted molar refractivity (Wildman–Crippen MR) is 65.8 cm³/mol. The smallest absolute Gasteiger partial charge is 0.319 e. The van der Waals surface area contributed by atoms with E-state index in [1.807, 2.05) is 0 Å². The van der Waals surface area contributed by atoms with Crippen molar-refractivity contribution >= 4 is 11.7 Å². The molecule has 1 aromatic carbocycles. The third kappa shape index (κ3) is 3.80. The second kappa shape index (κ2) is 5.99. The standard InChI is InChI=1S/C13H12F2N2O2/c14-9-3-4-12(11(15)8-9)17-13(18)16-6-5-10-2-1-7-19-10/h1-4,7-8H,5-6H2,(H2,16,17,18). The molecule has 0 saturated carbocycles. The topological polar surface area (TPSA) is 54.3 Å². The number of nitrogens with one attached hydrogen (secondary N) is 2. The molecule has 1 heterocycles. The molecule has 0 aliphatic heterocycles. The molecule has 0 atom stereocenters. The second-order valence-electron chi connectivity index (χ2n) is 3.83. The summed E-state index contributed by atoms with van der Waals surface area (Å²) in [6.07, 6.45) is 2.08. The maximum absolute atomic E-state index is 13.3. The summed E-state index contributed by atoms with van der Waals surface area (Å²) in [4.78, 5) is 11.5. The molecule has 0 fully saturated rings. The maximum Gasteiger partial charge on any atom is 0.319 e. The quantitative estimate of drug-likeness (QED) is 0.894. The van der Waals surface area contributed by atoms with Gasteiger partial charge >= 0.3 is 6.03 Å². The monoisotopic (exact) mass is 266 g/mol. The summed E-state index contributed by atoms with van der Waals surface area (Å²) >= 11 is 0. The number of carbonyl (C=O) groups is 1. The molecule has 2 N–H and O–H groups in total. The molecule has 2 aromatic rings. The zero-order chi connectivity index (χ0) is 13.7. The van der Waals surface area contributed by atoms with E-state index in [1.54, 1.807) is 18.4 Å². The van der Waals surface area contributed by atoms with Gasteiger partial charge in [-0.25, -0.2) is 13.6 Å². The van der Waals surface area contributed by atoms with Gasteiger partial charge in [-0.15, -0.1) is 0 Å². The fourth-order valence-corrected chi connectivity index (χ4v) is 1.51. The van der Waals surface area contributed by atoms with Crippen LogP contribution in [0.15, 0.2) is 41.0 Å². The Hall–Kier alpha value is -2.37. The minimum absolute atomic E-state index is 0.0723. The summed E-state index contributed by atoms with van der Waals surface area (Å²) in [6, 6.07) is 5.93. The summed E-state index contributed by atoms with van der Waals surface area (Å²) in [7, 11) is 0. The largest absolute Gasteiger partial charge is 0.469 e. The zero-order valence-corrected chi connectivity index (χ0v) is 9.95. The van der Waals surface area contributed by atoms with Crippen LogP contribution in [-0.2, 0) is 6.42 Å². The van der Waals surface area contributed by atoms with Crippen molar-refractivity contribution in [2.45, 2.75) is 6.42 Å². The van der Waals surface area contributed by atoms with Gasteiger partial charge in [-0.2, -0.15) is 0 Å². The van der Waals surface area contributed by atoms with E-state index in [0.29, 0.717) is 19.0 Å². The first kappa shape index (κ1) is 13.1. The van der Waals surface area contributed by atoms with Crippen molar-refractivity contribution in [1.82, 2.24) is 5.32 Å². The lowest BCUT2D eigenvalue weighted by atomic mass is 10.3. The normalized spacial score (nSPS) is 10.2. The van der Waals surface area contributed by atoms with Crippen molar-refractivity contribution in [3.05, 3.63) is 54.0 Å². The average Bonchev–Trinajstić information content (AvgIpc) is 2.86. The van der Waals surface area contributed by atoms with Crippen LogP contribution >= 0.6 is 0 Å². The van der Waals surface area contributed by atoms with Crippen molar-refractivity contribution in [2.24, 2.45) is 0 Å². The van der Waals surface area contributed by atoms with Crippen molar-refractivity contribution in [3.8, 4) is 0 Å². The summed E-state index contributed by atoms with van der Waals surface area (Å²) in [5.74, 6) is -0.768. The number of benzene rings is 1. The Morgan fingerprint density at radius 3 is 2.79 bits per heavy atom. The molecule has 4 nitrogen and oxygen atoms in total. The average molecular weight is 266 g/mol. The molecule has 1 aromatic heterocycles. The van der Waals surface area contributed by atoms with E-state index < -0.39 is 17.7 Å². The SMILES string of the molecule is O=C(NCCc1ccco1)Nc1ccc(F)cc1F. The fraction of sp³-hybridized carbons (Fsp3) is 0.154. The molecule has 0 aliphatic rings. The highest BCUT2D eigenvalue weighted by molar-refractivity contribution is 5.89. The van der Waals surface area contributed by atoms with Gasteiger partial charge < -0.3 is 15.1 Å². The van der Waals surface area contributed by atoms with Crippen LogP contribution in [-0.4, -0.2) is 12.6 Å². The Balaban J connectivity index is 1.80. The Kier molecular flexibility index (Phi) is 4.12. The van der Waals surface area contributed by atoms with E-state index in [9.17, 15) is 13.6 Å². The van der Waals surface area contributed by atoms with Gasteiger partial charge in [0.1, 0.15) is 17.4 Å². The molecule has 0 bridgehead atoms. The van der Waals surface area contributed by atoms with Gasteiger partial charge in [0.2, 0.25) is 0 Å². The van der Waals surface area contributed by atoms with Crippen molar-refractivity contribution in [1.29, 1.82) is 0 Å². The van der Waals surface area contributed by atoms with Gasteiger partial charge in [-0.3, -0.25) is 0 Å². The van der Waals surface area contributed by atoms with E-state index in [0.717, 1.165) is 17.9 Å². The number of halogens is 2. The first-order valence-electron chi connectivity index (χ1n) is 5.67. The zero-order valence-electron chi connectivity index (χ0n) is 9.95. The van der Waals surface area contributed by atoms with Gasteiger partial charge in [-0.1, -0.05) is 0 Å². The predicted octanol–water partition coefficient (Wildman–Crippen LogP) is 2.92. The van der Waals surface area contributed by atoms with Crippen molar-refractivity contribution in [2.75, 3.05) is 11.9 Å². The highest BCUT2D eigenvalue weighted by Gasteiger charge is 2.07. The first-order chi connectivity index (χ1) is 9.15. The second-order valence-corrected chi connectivity index (χ2v) is 3.83. The lowest BCUT2D eigenvalue weighted by Gasteiger charge is -2.07. The molecule has 100 valence electrons. The lowest BCUT2D eigenvalue weighted by molar-refractivity contribution is 0.252. The van der Waals surface area contributed by atoms with E-state index in [2.05, 4.69) is 10.6 Å². The van der Waals surface area contributed by atoms with Crippen LogP contribution in [0.2, 0.25) is 0 Å². The number of hydrogen-bond acceptors (Lipinski definition) is 2. The third-order valence-electron chi connectivity index (χ3n) is 2.42. The number of anilines is 1. The molecule has 6 heteroatoms. The number of furan rings is 1. The molecule has 2 rings (SSSR count). The van der Waals surface area contributed by atoms with Crippen LogP contribution in [0.5, 0.6) is 0 Å². The van der Waals surface area contributed by atoms with Gasteiger partial charge in [0, 0.05) is 19.0 Å². The van der Waals surface area contributed by atoms with E-state index in [-0.39, 0.29) is 5.69 Å². The maximum atomic E-state index is 13.3. The van der Waals surface area contributed by atoms with Gasteiger partial charge in [0.25, 0.3) is 0 Å². The summed E-state index contributed by atoms with van der Waals surface area (Å²) < 4.78 is 31.0. The van der Waals surface area contributed by atoms with Crippen molar-refractivity contribution < 1.29 is 18.0 Å². The molecule has 0 radical (unpaired) electrons. The first-order valence-corrected chi connectivity index (χ1v) is 5.67. The molecule has 0 saturated heterocycles. The molecule has 0 spiro atoms. The third-order valence-corrected chi connectivity index (χ3v) is 2.42. The van der Waals surface area contributed by atoms with Crippen LogP contribution in [0.1, 0.15) is 5.76 Å². The number of hydrogen-bond donors (Lipinski definition) is 2. The summed E-state index contributed by atoms with van der Waals surface area (Å²) in [5.41, 5.74) is -0.0723. The summed E-state index contributed by atoms with van der Waals surface area (Å²) in [5, 5.41) is 4.84. The van der Waals surface area contributed by atoms with E-state index >= 15 is 0 Å². The van der Waals surface area contributed by atoms with Crippen LogP contribution in [0, 0.1) is 11.6 Å². The van der Waals surface area contributed by atoms with E-state index in [4.69, 9.17) is 4.42 Å². The van der Waals surface area contributed by atoms with Gasteiger partial charge in [-0.05, 0) is 24.3 Å². The Bertz CT molecular complexity index is 556. The Morgan fingerprint density at radius 2 is 2.11 bits per heavy atom. The minimum atomic E-state index is -0.818. The fourth-order valence-electron chi connectivity index (χ4n) is 1.51. The number of rotatable bonds is 4.